The molecule has 6 nitrogen and oxygen atoms in total. The molecule has 3 amide bonds. The van der Waals surface area contributed by atoms with Gasteiger partial charge in [-0.3, -0.25) is 24.6 Å². The Morgan fingerprint density at radius 3 is 2.33 bits per heavy atom. The standard InChI is InChI=1S/C15H21N3O3/c19-12(8-18-13(20)1-2-14(18)21)17-15-6-9-3-10(7-15)5-11(4-9)16-15/h9-11,16H,1-8H2,(H,17,19)/t9-,10+,11?,15?. The summed E-state index contributed by atoms with van der Waals surface area (Å²) in [5, 5.41) is 6.68. The Bertz CT molecular complexity index is 465. The molecule has 4 bridgehead atoms. The van der Waals surface area contributed by atoms with Crippen molar-refractivity contribution in [2.75, 3.05) is 6.54 Å². The number of nitrogens with one attached hydrogen (secondary N) is 2. The highest BCUT2D eigenvalue weighted by atomic mass is 16.2. The van der Waals surface area contributed by atoms with E-state index < -0.39 is 0 Å². The Labute approximate surface area is 123 Å². The molecule has 0 radical (unpaired) electrons. The minimum absolute atomic E-state index is 0.124. The average Bonchev–Trinajstić information content (AvgIpc) is 2.68. The quantitative estimate of drug-likeness (QED) is 0.725. The molecule has 0 aromatic carbocycles. The number of imide groups is 1. The number of carbonyl (C=O) groups excluding carboxylic acids is 3. The molecule has 0 aromatic rings. The van der Waals surface area contributed by atoms with Crippen molar-refractivity contribution in [2.45, 2.75) is 56.7 Å². The molecule has 5 fully saturated rings. The molecule has 114 valence electrons. The monoisotopic (exact) mass is 291 g/mol. The molecule has 2 unspecified atom stereocenters. The van der Waals surface area contributed by atoms with Gasteiger partial charge >= 0.3 is 0 Å². The molecule has 4 atom stereocenters. The van der Waals surface area contributed by atoms with Crippen molar-refractivity contribution in [1.82, 2.24) is 15.5 Å². The number of piperidine rings is 2. The Morgan fingerprint density at radius 2 is 1.76 bits per heavy atom. The van der Waals surface area contributed by atoms with E-state index in [9.17, 15) is 14.4 Å². The number of hydrogen-bond acceptors (Lipinski definition) is 4. The van der Waals surface area contributed by atoms with E-state index in [2.05, 4.69) is 10.6 Å². The third kappa shape index (κ3) is 2.25. The van der Waals surface area contributed by atoms with Crippen molar-refractivity contribution in [3.63, 3.8) is 0 Å². The van der Waals surface area contributed by atoms with Gasteiger partial charge in [0.15, 0.2) is 0 Å². The van der Waals surface area contributed by atoms with Gasteiger partial charge in [0.1, 0.15) is 6.54 Å². The smallest absolute Gasteiger partial charge is 0.241 e. The van der Waals surface area contributed by atoms with Gasteiger partial charge in [-0.25, -0.2) is 0 Å². The number of rotatable bonds is 3. The highest BCUT2D eigenvalue weighted by Crippen LogP contribution is 2.48. The van der Waals surface area contributed by atoms with E-state index in [1.54, 1.807) is 0 Å². The van der Waals surface area contributed by atoms with Gasteiger partial charge in [0.05, 0.1) is 5.66 Å². The second kappa shape index (κ2) is 4.53. The van der Waals surface area contributed by atoms with Gasteiger partial charge in [0.2, 0.25) is 17.7 Å². The lowest BCUT2D eigenvalue weighted by atomic mass is 9.62. The molecule has 3 heterocycles. The lowest BCUT2D eigenvalue weighted by Crippen LogP contribution is -2.71. The third-order valence-electron chi connectivity index (χ3n) is 5.49. The summed E-state index contributed by atoms with van der Waals surface area (Å²) in [6.45, 7) is -0.124. The summed E-state index contributed by atoms with van der Waals surface area (Å²) in [6.07, 6.45) is 6.16. The first-order valence-electron chi connectivity index (χ1n) is 7.95. The number of likely N-dealkylation sites (tertiary alicyclic amines) is 1. The van der Waals surface area contributed by atoms with Gasteiger partial charge in [0, 0.05) is 18.9 Å². The van der Waals surface area contributed by atoms with E-state index >= 15 is 0 Å². The Balaban J connectivity index is 1.42. The van der Waals surface area contributed by atoms with Gasteiger partial charge < -0.3 is 5.32 Å². The highest BCUT2D eigenvalue weighted by molar-refractivity contribution is 6.04. The highest BCUT2D eigenvalue weighted by Gasteiger charge is 2.51. The van der Waals surface area contributed by atoms with Crippen LogP contribution in [0.3, 0.4) is 0 Å². The summed E-state index contributed by atoms with van der Waals surface area (Å²) < 4.78 is 0. The van der Waals surface area contributed by atoms with Crippen LogP contribution in [0.5, 0.6) is 0 Å². The predicted molar refractivity (Wildman–Crippen MR) is 73.8 cm³/mol. The number of carbonyl (C=O) groups is 3. The summed E-state index contributed by atoms with van der Waals surface area (Å²) in [7, 11) is 0. The molecule has 0 spiro atoms. The number of amides is 3. The zero-order valence-corrected chi connectivity index (χ0v) is 12.1. The van der Waals surface area contributed by atoms with Crippen molar-refractivity contribution in [1.29, 1.82) is 0 Å². The van der Waals surface area contributed by atoms with Crippen molar-refractivity contribution in [2.24, 2.45) is 11.8 Å². The second-order valence-electron chi connectivity index (χ2n) is 7.19. The second-order valence-corrected chi connectivity index (χ2v) is 7.19. The zero-order chi connectivity index (χ0) is 14.6. The first-order valence-corrected chi connectivity index (χ1v) is 7.95. The third-order valence-corrected chi connectivity index (χ3v) is 5.49. The van der Waals surface area contributed by atoms with Crippen LogP contribution in [0.25, 0.3) is 0 Å². The van der Waals surface area contributed by atoms with Gasteiger partial charge in [-0.2, -0.15) is 0 Å². The maximum Gasteiger partial charge on any atom is 0.241 e. The molecule has 3 aliphatic heterocycles. The van der Waals surface area contributed by atoms with Crippen LogP contribution in [0.1, 0.15) is 44.9 Å². The number of hydrogen-bond donors (Lipinski definition) is 2. The Hall–Kier alpha value is -1.43. The molecular weight excluding hydrogens is 270 g/mol. The van der Waals surface area contributed by atoms with Crippen LogP contribution in [0.4, 0.5) is 0 Å². The zero-order valence-electron chi connectivity index (χ0n) is 12.1. The van der Waals surface area contributed by atoms with E-state index in [0.29, 0.717) is 17.9 Å². The van der Waals surface area contributed by atoms with E-state index in [4.69, 9.17) is 0 Å². The summed E-state index contributed by atoms with van der Waals surface area (Å²) in [5.74, 6) is 0.744. The van der Waals surface area contributed by atoms with E-state index in [-0.39, 0.29) is 42.8 Å². The van der Waals surface area contributed by atoms with Crippen molar-refractivity contribution >= 4 is 17.7 Å². The minimum atomic E-state index is -0.294. The van der Waals surface area contributed by atoms with Crippen LogP contribution in [0.2, 0.25) is 0 Å². The Morgan fingerprint density at radius 1 is 1.14 bits per heavy atom. The molecule has 6 heteroatoms. The van der Waals surface area contributed by atoms with Crippen LogP contribution in [-0.4, -0.2) is 40.9 Å². The van der Waals surface area contributed by atoms with Crippen LogP contribution < -0.4 is 10.6 Å². The van der Waals surface area contributed by atoms with Gasteiger partial charge in [-0.1, -0.05) is 0 Å². The molecular formula is C15H21N3O3. The van der Waals surface area contributed by atoms with Crippen molar-refractivity contribution < 1.29 is 14.4 Å². The van der Waals surface area contributed by atoms with Crippen LogP contribution in [0, 0.1) is 11.8 Å². The van der Waals surface area contributed by atoms with E-state index in [1.807, 2.05) is 0 Å². The predicted octanol–water partition coefficient (Wildman–Crippen LogP) is 0.130. The first-order chi connectivity index (χ1) is 10.0. The fourth-order valence-corrected chi connectivity index (χ4v) is 4.98. The van der Waals surface area contributed by atoms with Crippen LogP contribution >= 0.6 is 0 Å². The molecule has 5 rings (SSSR count). The average molecular weight is 291 g/mol. The van der Waals surface area contributed by atoms with Crippen molar-refractivity contribution in [3.05, 3.63) is 0 Å². The topological polar surface area (TPSA) is 78.5 Å². The summed E-state index contributed by atoms with van der Waals surface area (Å²) >= 11 is 0. The SMILES string of the molecule is O=C(CN1C(=O)CCC1=O)NC12C[C@@H]3CC(C[C@@H](C3)C1)N2. The first kappa shape index (κ1) is 13.2. The largest absolute Gasteiger partial charge is 0.336 e. The molecule has 5 aliphatic rings. The lowest BCUT2D eigenvalue weighted by molar-refractivity contribution is -0.144. The van der Waals surface area contributed by atoms with Gasteiger partial charge in [-0.15, -0.1) is 0 Å². The maximum atomic E-state index is 12.3. The van der Waals surface area contributed by atoms with Gasteiger partial charge in [0.25, 0.3) is 0 Å². The minimum Gasteiger partial charge on any atom is -0.336 e. The van der Waals surface area contributed by atoms with E-state index in [1.165, 1.54) is 19.3 Å². The summed E-state index contributed by atoms with van der Waals surface area (Å²) in [5.41, 5.74) is -0.294. The lowest BCUT2D eigenvalue weighted by Gasteiger charge is -2.57. The van der Waals surface area contributed by atoms with Crippen LogP contribution in [-0.2, 0) is 14.4 Å². The number of nitrogens with zero attached hydrogens (tertiary/aromatic N) is 1. The molecule has 21 heavy (non-hydrogen) atoms. The van der Waals surface area contributed by atoms with Gasteiger partial charge in [-0.05, 0) is 43.9 Å². The molecule has 0 aromatic heterocycles. The Kier molecular flexibility index (Phi) is 2.86. The molecule has 2 N–H and O–H groups in total. The summed E-state index contributed by atoms with van der Waals surface area (Å²) in [4.78, 5) is 36.6. The molecule has 2 saturated carbocycles. The van der Waals surface area contributed by atoms with Crippen molar-refractivity contribution in [3.8, 4) is 0 Å². The fourth-order valence-electron chi connectivity index (χ4n) is 4.98. The summed E-state index contributed by atoms with van der Waals surface area (Å²) in [6, 6.07) is 0.520. The van der Waals surface area contributed by atoms with E-state index in [0.717, 1.165) is 17.7 Å². The fraction of sp³-hybridized carbons (Fsp3) is 0.800. The normalized spacial score (nSPS) is 41.0. The maximum absolute atomic E-state index is 12.3. The molecule has 2 aliphatic carbocycles. The van der Waals surface area contributed by atoms with Crippen LogP contribution in [0.15, 0.2) is 0 Å². The molecule has 3 saturated heterocycles.